The first-order valence-electron chi connectivity index (χ1n) is 6.46. The lowest BCUT2D eigenvalue weighted by atomic mass is 10.2. The predicted octanol–water partition coefficient (Wildman–Crippen LogP) is 2.17. The normalized spacial score (nSPS) is 11.5. The Morgan fingerprint density at radius 2 is 2.16 bits per heavy atom. The Hall–Kier alpha value is -2.17. The summed E-state index contributed by atoms with van der Waals surface area (Å²) in [4.78, 5) is 20.3. The first-order chi connectivity index (χ1) is 9.20. The van der Waals surface area contributed by atoms with Crippen molar-refractivity contribution in [3.05, 3.63) is 45.0 Å². The van der Waals surface area contributed by atoms with Crippen molar-refractivity contribution in [1.29, 1.82) is 0 Å². The molecule has 1 aliphatic carbocycles. The van der Waals surface area contributed by atoms with E-state index < -0.39 is 0 Å². The molecule has 0 N–H and O–H groups in total. The highest BCUT2D eigenvalue weighted by Gasteiger charge is 2.14. The van der Waals surface area contributed by atoms with Crippen molar-refractivity contribution < 1.29 is 4.52 Å². The molecule has 3 aliphatic rings. The van der Waals surface area contributed by atoms with Crippen molar-refractivity contribution in [3.63, 3.8) is 0 Å². The predicted molar refractivity (Wildman–Crippen MR) is 70.1 cm³/mol. The molecule has 0 aromatic rings. The number of aromatic nitrogens is 3. The van der Waals surface area contributed by atoms with Crippen LogP contribution in [0.4, 0.5) is 0 Å². The van der Waals surface area contributed by atoms with Gasteiger partial charge in [0.25, 0.3) is 0 Å². The molecule has 0 radical (unpaired) electrons. The van der Waals surface area contributed by atoms with Crippen LogP contribution in [0.2, 0.25) is 0 Å². The molecule has 0 fully saturated rings. The average Bonchev–Trinajstić information content (AvgIpc) is 2.85. The second kappa shape index (κ2) is 4.50. The number of fused-ring (bicyclic) bond motifs is 2. The molecular formula is C14H15N3O2. The summed E-state index contributed by atoms with van der Waals surface area (Å²) in [6, 6.07) is 3.38. The maximum atomic E-state index is 12.0. The molecule has 0 amide bonds. The zero-order chi connectivity index (χ0) is 13.4. The standard InChI is InChI=1S/C14H15N3O2/c1-3-4-5-17-9(2)6-10-12(18)7-11-13(14(10)19-17)16-8-15-11/h6-8H,3-5H2,1-2H3. The summed E-state index contributed by atoms with van der Waals surface area (Å²) in [5.74, 6) is 0. The number of imidazole rings is 1. The van der Waals surface area contributed by atoms with Crippen LogP contribution in [0.1, 0.15) is 25.5 Å². The van der Waals surface area contributed by atoms with Crippen molar-refractivity contribution in [3.8, 4) is 11.4 Å². The van der Waals surface area contributed by atoms with E-state index >= 15 is 0 Å². The van der Waals surface area contributed by atoms with Crippen LogP contribution in [0.5, 0.6) is 0 Å². The van der Waals surface area contributed by atoms with Crippen LogP contribution >= 0.6 is 0 Å². The monoisotopic (exact) mass is 257 g/mol. The Labute approximate surface area is 109 Å². The van der Waals surface area contributed by atoms with Crippen molar-refractivity contribution in [2.45, 2.75) is 33.2 Å². The molecule has 5 nitrogen and oxygen atoms in total. The van der Waals surface area contributed by atoms with E-state index in [4.69, 9.17) is 4.52 Å². The Bertz CT molecular complexity index is 803. The quantitative estimate of drug-likeness (QED) is 0.721. The molecule has 0 aromatic carbocycles. The highest BCUT2D eigenvalue weighted by Crippen LogP contribution is 2.18. The van der Waals surface area contributed by atoms with Gasteiger partial charge >= 0.3 is 0 Å². The second-order valence-corrected chi connectivity index (χ2v) is 4.69. The third-order valence-electron chi connectivity index (χ3n) is 3.28. The molecule has 0 saturated heterocycles. The number of unbranched alkanes of at least 4 members (excludes halogenated alkanes) is 1. The van der Waals surface area contributed by atoms with Crippen LogP contribution in [-0.2, 0) is 6.54 Å². The molecular weight excluding hydrogens is 242 g/mol. The largest absolute Gasteiger partial charge is 0.377 e. The molecule has 19 heavy (non-hydrogen) atoms. The van der Waals surface area contributed by atoms with Gasteiger partial charge in [-0.2, -0.15) is 0 Å². The van der Waals surface area contributed by atoms with Gasteiger partial charge < -0.3 is 4.52 Å². The van der Waals surface area contributed by atoms with Crippen molar-refractivity contribution in [2.75, 3.05) is 0 Å². The van der Waals surface area contributed by atoms with Crippen molar-refractivity contribution >= 4 is 0 Å². The molecule has 5 heteroatoms. The summed E-state index contributed by atoms with van der Waals surface area (Å²) < 4.78 is 7.68. The zero-order valence-corrected chi connectivity index (χ0v) is 11.0. The Balaban J connectivity index is 2.34. The molecule has 0 spiro atoms. The molecule has 98 valence electrons. The van der Waals surface area contributed by atoms with Crippen LogP contribution in [0.3, 0.4) is 0 Å². The van der Waals surface area contributed by atoms with E-state index in [0.29, 0.717) is 22.0 Å². The average molecular weight is 257 g/mol. The third-order valence-corrected chi connectivity index (χ3v) is 3.28. The maximum absolute atomic E-state index is 12.0. The highest BCUT2D eigenvalue weighted by molar-refractivity contribution is 5.55. The van der Waals surface area contributed by atoms with E-state index in [1.165, 1.54) is 12.4 Å². The highest BCUT2D eigenvalue weighted by atomic mass is 16.5. The molecule has 2 aliphatic heterocycles. The first kappa shape index (κ1) is 11.9. The summed E-state index contributed by atoms with van der Waals surface area (Å²) in [6.07, 6.45) is 3.58. The van der Waals surface area contributed by atoms with E-state index in [2.05, 4.69) is 16.9 Å². The second-order valence-electron chi connectivity index (χ2n) is 4.69. The van der Waals surface area contributed by atoms with Gasteiger partial charge in [-0.15, -0.1) is 0 Å². The minimum absolute atomic E-state index is 0.0718. The minimum Gasteiger partial charge on any atom is -0.377 e. The van der Waals surface area contributed by atoms with Crippen LogP contribution in [-0.4, -0.2) is 14.7 Å². The lowest BCUT2D eigenvalue weighted by Gasteiger charge is -2.10. The molecule has 0 bridgehead atoms. The third kappa shape index (κ3) is 1.91. The number of hydrogen-bond donors (Lipinski definition) is 0. The fourth-order valence-corrected chi connectivity index (χ4v) is 2.21. The van der Waals surface area contributed by atoms with Gasteiger partial charge in [-0.05, 0) is 19.4 Å². The van der Waals surface area contributed by atoms with Crippen molar-refractivity contribution in [2.24, 2.45) is 0 Å². The fraction of sp³-hybridized carbons (Fsp3) is 0.357. The molecule has 0 unspecified atom stereocenters. The molecule has 0 aromatic heterocycles. The maximum Gasteiger partial charge on any atom is 0.194 e. The van der Waals surface area contributed by atoms with E-state index in [1.54, 1.807) is 0 Å². The number of aryl methyl sites for hydroxylation is 2. The van der Waals surface area contributed by atoms with Crippen LogP contribution in [0, 0.1) is 17.6 Å². The molecule has 0 atom stereocenters. The first-order valence-corrected chi connectivity index (χ1v) is 6.46. The summed E-state index contributed by atoms with van der Waals surface area (Å²) in [7, 11) is 0. The van der Waals surface area contributed by atoms with E-state index in [-0.39, 0.29) is 5.43 Å². The van der Waals surface area contributed by atoms with Crippen LogP contribution in [0.25, 0.3) is 11.4 Å². The number of rotatable bonds is 3. The number of nitrogens with zero attached hydrogens (tertiary/aromatic N) is 3. The summed E-state index contributed by atoms with van der Waals surface area (Å²) in [5, 5.41) is 0.568. The molecule has 0 saturated carbocycles. The van der Waals surface area contributed by atoms with Gasteiger partial charge in [-0.3, -0.25) is 4.79 Å². The Kier molecular flexibility index (Phi) is 2.81. The smallest absolute Gasteiger partial charge is 0.194 e. The van der Waals surface area contributed by atoms with Gasteiger partial charge in [-0.25, -0.2) is 14.7 Å². The van der Waals surface area contributed by atoms with Gasteiger partial charge in [0.15, 0.2) is 10.8 Å². The zero-order valence-electron chi connectivity index (χ0n) is 11.0. The fourth-order valence-electron chi connectivity index (χ4n) is 2.21. The van der Waals surface area contributed by atoms with Crippen LogP contribution in [0.15, 0.2) is 27.8 Å². The number of hydrogen-bond acceptors (Lipinski definition) is 4. The van der Waals surface area contributed by atoms with Crippen molar-refractivity contribution in [1.82, 2.24) is 14.7 Å². The Morgan fingerprint density at radius 1 is 1.32 bits per heavy atom. The summed E-state index contributed by atoms with van der Waals surface area (Å²) in [6.45, 7) is 4.88. The summed E-state index contributed by atoms with van der Waals surface area (Å²) in [5.41, 5.74) is 2.64. The van der Waals surface area contributed by atoms with Gasteiger partial charge in [0.05, 0.1) is 17.5 Å². The molecule has 3 rings (SSSR count). The van der Waals surface area contributed by atoms with Gasteiger partial charge in [0.1, 0.15) is 12.0 Å². The lowest BCUT2D eigenvalue weighted by molar-refractivity contribution is 0.225. The summed E-state index contributed by atoms with van der Waals surface area (Å²) >= 11 is 0. The van der Waals surface area contributed by atoms with Crippen LogP contribution < -0.4 is 5.43 Å². The van der Waals surface area contributed by atoms with E-state index in [1.807, 2.05) is 17.7 Å². The van der Waals surface area contributed by atoms with Gasteiger partial charge in [0, 0.05) is 11.8 Å². The molecule has 2 heterocycles. The van der Waals surface area contributed by atoms with Gasteiger partial charge in [-0.1, -0.05) is 13.3 Å². The van der Waals surface area contributed by atoms with E-state index in [0.717, 1.165) is 25.1 Å². The SMILES string of the molecule is CCCCn1oc2c3ncnc-3cc(=O)c=2cc1C. The minimum atomic E-state index is -0.0718. The van der Waals surface area contributed by atoms with E-state index in [9.17, 15) is 4.79 Å². The lowest BCUT2D eigenvalue weighted by Crippen LogP contribution is -2.10. The topological polar surface area (TPSA) is 60.9 Å². The van der Waals surface area contributed by atoms with Gasteiger partial charge in [0.2, 0.25) is 0 Å². The Morgan fingerprint density at radius 3 is 2.95 bits per heavy atom.